The van der Waals surface area contributed by atoms with Gasteiger partial charge in [-0.1, -0.05) is 36.1 Å². The fourth-order valence-corrected chi connectivity index (χ4v) is 4.62. The molecule has 0 atom stereocenters. The second-order valence-electron chi connectivity index (χ2n) is 6.91. The number of aliphatic hydroxyl groups excluding tert-OH is 1. The van der Waals surface area contributed by atoms with Crippen molar-refractivity contribution in [1.29, 1.82) is 0 Å². The number of carbonyl (C=O) groups is 1. The highest BCUT2D eigenvalue weighted by Crippen LogP contribution is 2.47. The maximum Gasteiger partial charge on any atom is 0.335 e. The van der Waals surface area contributed by atoms with Crippen LogP contribution in [0, 0.1) is 17.7 Å². The molecule has 158 valence electrons. The van der Waals surface area contributed by atoms with Gasteiger partial charge in [-0.15, -0.1) is 11.3 Å². The van der Waals surface area contributed by atoms with Gasteiger partial charge < -0.3 is 10.2 Å². The molecule has 0 radical (unpaired) electrons. The van der Waals surface area contributed by atoms with E-state index in [1.165, 1.54) is 23.5 Å². The van der Waals surface area contributed by atoms with Gasteiger partial charge in [0, 0.05) is 34.8 Å². The first-order valence-corrected chi connectivity index (χ1v) is 10.7. The van der Waals surface area contributed by atoms with Crippen molar-refractivity contribution in [1.82, 2.24) is 4.98 Å². The third-order valence-electron chi connectivity index (χ3n) is 4.82. The zero-order chi connectivity index (χ0) is 22.5. The number of benzene rings is 2. The predicted molar refractivity (Wildman–Crippen MR) is 124 cm³/mol. The Balaban J connectivity index is 2.05. The van der Waals surface area contributed by atoms with Crippen LogP contribution in [0.3, 0.4) is 0 Å². The summed E-state index contributed by atoms with van der Waals surface area (Å²) < 4.78 is 13.6. The SMILES string of the molecule is O=C(O)c1cccc(-c2c(C#CCCO)sc(-c3ccc(F)cc3)c2-c2ccncc2)c1. The van der Waals surface area contributed by atoms with Crippen molar-refractivity contribution in [2.24, 2.45) is 0 Å². The largest absolute Gasteiger partial charge is 0.478 e. The highest BCUT2D eigenvalue weighted by molar-refractivity contribution is 7.17. The van der Waals surface area contributed by atoms with Crippen LogP contribution >= 0.6 is 11.3 Å². The molecule has 2 heterocycles. The van der Waals surface area contributed by atoms with Crippen LogP contribution in [0.5, 0.6) is 0 Å². The third kappa shape index (κ3) is 4.45. The Morgan fingerprint density at radius 2 is 1.72 bits per heavy atom. The van der Waals surface area contributed by atoms with E-state index in [0.29, 0.717) is 6.42 Å². The second-order valence-corrected chi connectivity index (χ2v) is 7.94. The predicted octanol–water partition coefficient (Wildman–Crippen LogP) is 5.72. The molecule has 0 saturated heterocycles. The van der Waals surface area contributed by atoms with Crippen LogP contribution in [0.4, 0.5) is 4.39 Å². The smallest absolute Gasteiger partial charge is 0.335 e. The molecule has 0 aliphatic heterocycles. The van der Waals surface area contributed by atoms with Crippen LogP contribution in [0.1, 0.15) is 21.7 Å². The number of rotatable bonds is 5. The first-order chi connectivity index (χ1) is 15.6. The molecule has 2 N–H and O–H groups in total. The lowest BCUT2D eigenvalue weighted by atomic mass is 9.92. The van der Waals surface area contributed by atoms with Gasteiger partial charge in [-0.2, -0.15) is 0 Å². The van der Waals surface area contributed by atoms with Crippen molar-refractivity contribution < 1.29 is 19.4 Å². The molecule has 2 aromatic heterocycles. The number of pyridine rings is 1. The number of aliphatic hydroxyl groups is 1. The topological polar surface area (TPSA) is 70.4 Å². The molecule has 0 spiro atoms. The third-order valence-corrected chi connectivity index (χ3v) is 5.97. The van der Waals surface area contributed by atoms with Gasteiger partial charge in [0.1, 0.15) is 5.82 Å². The standard InChI is InChI=1S/C26H18FNO3S/c27-21-9-7-18(8-10-21)25-24(17-11-13-28-14-12-17)23(22(32-25)6-1-2-15-29)19-4-3-5-20(16-19)26(30)31/h3-5,7-14,16,29H,2,15H2,(H,30,31). The Hall–Kier alpha value is -3.79. The Kier molecular flexibility index (Phi) is 6.41. The first-order valence-electron chi connectivity index (χ1n) is 9.85. The van der Waals surface area contributed by atoms with Gasteiger partial charge in [-0.05, 0) is 53.1 Å². The van der Waals surface area contributed by atoms with Gasteiger partial charge in [0.2, 0.25) is 0 Å². The number of hydrogen-bond acceptors (Lipinski definition) is 4. The van der Waals surface area contributed by atoms with Crippen LogP contribution in [-0.2, 0) is 0 Å². The van der Waals surface area contributed by atoms with Crippen LogP contribution in [0.2, 0.25) is 0 Å². The molecule has 0 aliphatic rings. The van der Waals surface area contributed by atoms with E-state index in [1.54, 1.807) is 42.7 Å². The van der Waals surface area contributed by atoms with Gasteiger partial charge in [0.15, 0.2) is 0 Å². The average molecular weight is 443 g/mol. The van der Waals surface area contributed by atoms with E-state index in [4.69, 9.17) is 5.11 Å². The lowest BCUT2D eigenvalue weighted by molar-refractivity contribution is 0.0697. The zero-order valence-electron chi connectivity index (χ0n) is 16.9. The van der Waals surface area contributed by atoms with E-state index in [9.17, 15) is 14.3 Å². The number of nitrogens with zero attached hydrogens (tertiary/aromatic N) is 1. The number of hydrogen-bond donors (Lipinski definition) is 2. The van der Waals surface area contributed by atoms with Gasteiger partial charge in [-0.3, -0.25) is 4.98 Å². The molecule has 0 amide bonds. The van der Waals surface area contributed by atoms with Crippen LogP contribution < -0.4 is 0 Å². The molecule has 4 aromatic rings. The van der Waals surface area contributed by atoms with Crippen LogP contribution in [0.15, 0.2) is 73.1 Å². The van der Waals surface area contributed by atoms with Crippen molar-refractivity contribution in [3.63, 3.8) is 0 Å². The van der Waals surface area contributed by atoms with Crippen LogP contribution in [0.25, 0.3) is 32.7 Å². The summed E-state index contributed by atoms with van der Waals surface area (Å²) in [7, 11) is 0. The maximum absolute atomic E-state index is 13.6. The highest BCUT2D eigenvalue weighted by atomic mass is 32.1. The van der Waals surface area contributed by atoms with E-state index in [2.05, 4.69) is 16.8 Å². The Labute approximate surface area is 188 Å². The molecule has 0 aliphatic carbocycles. The number of carboxylic acids is 1. The highest BCUT2D eigenvalue weighted by Gasteiger charge is 2.22. The molecular weight excluding hydrogens is 425 g/mol. The lowest BCUT2D eigenvalue weighted by Crippen LogP contribution is -1.96. The number of halogens is 1. The summed E-state index contributed by atoms with van der Waals surface area (Å²) in [6, 6.07) is 16.7. The first kappa shape index (κ1) is 21.4. The Bertz CT molecular complexity index is 1320. The molecule has 4 rings (SSSR count). The second kappa shape index (κ2) is 9.56. The number of carboxylic acid groups (broad SMARTS) is 1. The Morgan fingerprint density at radius 3 is 2.41 bits per heavy atom. The molecule has 32 heavy (non-hydrogen) atoms. The normalized spacial score (nSPS) is 10.4. The van der Waals surface area contributed by atoms with E-state index in [1.807, 2.05) is 18.2 Å². The summed E-state index contributed by atoms with van der Waals surface area (Å²) in [6.07, 6.45) is 3.70. The molecule has 0 saturated carbocycles. The quantitative estimate of drug-likeness (QED) is 0.387. The van der Waals surface area contributed by atoms with Crippen LogP contribution in [-0.4, -0.2) is 27.8 Å². The van der Waals surface area contributed by atoms with E-state index >= 15 is 0 Å². The van der Waals surface area contributed by atoms with Crippen molar-refractivity contribution in [2.75, 3.05) is 6.61 Å². The number of thiophene rings is 1. The summed E-state index contributed by atoms with van der Waals surface area (Å²) in [5, 5.41) is 18.7. The van der Waals surface area contributed by atoms with Crippen molar-refractivity contribution >= 4 is 17.3 Å². The van der Waals surface area contributed by atoms with Crippen molar-refractivity contribution in [3.05, 3.63) is 89.3 Å². The minimum atomic E-state index is -1.01. The molecule has 2 aromatic carbocycles. The van der Waals surface area contributed by atoms with Gasteiger partial charge in [0.05, 0.1) is 17.0 Å². The molecule has 0 unspecified atom stereocenters. The number of aromatic carboxylic acids is 1. The van der Waals surface area contributed by atoms with Crippen molar-refractivity contribution in [3.8, 4) is 44.5 Å². The zero-order valence-corrected chi connectivity index (χ0v) is 17.7. The molecule has 6 heteroatoms. The van der Waals surface area contributed by atoms with E-state index in [0.717, 1.165) is 37.6 Å². The molecule has 0 fully saturated rings. The van der Waals surface area contributed by atoms with Gasteiger partial charge in [0.25, 0.3) is 0 Å². The fraction of sp³-hybridized carbons (Fsp3) is 0.0769. The van der Waals surface area contributed by atoms with E-state index in [-0.39, 0.29) is 18.0 Å². The summed E-state index contributed by atoms with van der Waals surface area (Å²) in [4.78, 5) is 17.3. The number of aromatic nitrogens is 1. The summed E-state index contributed by atoms with van der Waals surface area (Å²) in [5.41, 5.74) is 4.28. The minimum Gasteiger partial charge on any atom is -0.478 e. The monoisotopic (exact) mass is 443 g/mol. The van der Waals surface area contributed by atoms with Crippen molar-refractivity contribution in [2.45, 2.75) is 6.42 Å². The molecular formula is C26H18FNO3S. The average Bonchev–Trinajstić information content (AvgIpc) is 3.20. The summed E-state index contributed by atoms with van der Waals surface area (Å²) in [5.74, 6) is 4.78. The summed E-state index contributed by atoms with van der Waals surface area (Å²) >= 11 is 1.45. The lowest BCUT2D eigenvalue weighted by Gasteiger charge is -2.10. The maximum atomic E-state index is 13.6. The van der Waals surface area contributed by atoms with E-state index < -0.39 is 5.97 Å². The summed E-state index contributed by atoms with van der Waals surface area (Å²) in [6.45, 7) is -0.0514. The minimum absolute atomic E-state index is 0.0514. The fourth-order valence-electron chi connectivity index (χ4n) is 3.40. The van der Waals surface area contributed by atoms with Gasteiger partial charge in [-0.25, -0.2) is 9.18 Å². The molecule has 0 bridgehead atoms. The molecule has 4 nitrogen and oxygen atoms in total. The Morgan fingerprint density at radius 1 is 0.969 bits per heavy atom. The van der Waals surface area contributed by atoms with Gasteiger partial charge >= 0.3 is 5.97 Å².